The topological polar surface area (TPSA) is 84.8 Å². The van der Waals surface area contributed by atoms with Gasteiger partial charge >= 0.3 is 0 Å². The third-order valence-electron chi connectivity index (χ3n) is 7.92. The Morgan fingerprint density at radius 3 is 2.52 bits per heavy atom. The number of carbonyl (C=O) groups excluding carboxylic acids is 1. The van der Waals surface area contributed by atoms with E-state index in [1.54, 1.807) is 12.5 Å². The molecule has 1 aliphatic heterocycles. The average Bonchev–Trinajstić information content (AvgIpc) is 3.54. The molecule has 2 N–H and O–H groups in total. The number of nitriles is 1. The number of carbonyl (C=O) groups is 1. The standard InChI is InChI=1S/C33H34ClN5O/c1-33(31-20-36-23-37-31,18-24-9-11-25(19-35)12-10-24)38-32(40)28-8-5-17-39(21-28)22-30(26-6-3-2-4-7-26)27-13-15-29(34)16-14-27/h2-4,6-7,9-16,20,23,28,30H,5,8,17-18,21-22H2,1H3,(H,36,37)(H,38,40)/t28-,30?,33?/m0/s1. The summed E-state index contributed by atoms with van der Waals surface area (Å²) in [5, 5.41) is 13.3. The summed E-state index contributed by atoms with van der Waals surface area (Å²) >= 11 is 6.19. The van der Waals surface area contributed by atoms with E-state index in [0.717, 1.165) is 42.2 Å². The summed E-state index contributed by atoms with van der Waals surface area (Å²) in [4.78, 5) is 23.6. The lowest BCUT2D eigenvalue weighted by atomic mass is 9.87. The van der Waals surface area contributed by atoms with Gasteiger partial charge in [-0.05, 0) is 67.3 Å². The van der Waals surface area contributed by atoms with E-state index < -0.39 is 5.54 Å². The van der Waals surface area contributed by atoms with Gasteiger partial charge < -0.3 is 15.2 Å². The second-order valence-corrected chi connectivity index (χ2v) is 11.3. The van der Waals surface area contributed by atoms with Crippen LogP contribution in [-0.4, -0.2) is 40.4 Å². The molecule has 4 aromatic rings. The smallest absolute Gasteiger partial charge is 0.225 e. The Kier molecular flexibility index (Phi) is 8.64. The van der Waals surface area contributed by atoms with Crippen LogP contribution in [0.4, 0.5) is 0 Å². The maximum Gasteiger partial charge on any atom is 0.225 e. The number of aromatic amines is 1. The van der Waals surface area contributed by atoms with E-state index in [1.807, 2.05) is 49.4 Å². The van der Waals surface area contributed by atoms with Crippen molar-refractivity contribution in [3.8, 4) is 6.07 Å². The van der Waals surface area contributed by atoms with Crippen LogP contribution in [-0.2, 0) is 16.8 Å². The number of imidazole rings is 1. The van der Waals surface area contributed by atoms with Gasteiger partial charge in [0.15, 0.2) is 0 Å². The first-order valence-electron chi connectivity index (χ1n) is 13.8. The molecule has 0 aliphatic carbocycles. The van der Waals surface area contributed by atoms with Crippen LogP contribution in [0.25, 0.3) is 0 Å². The molecule has 1 aromatic heterocycles. The highest BCUT2D eigenvalue weighted by molar-refractivity contribution is 6.30. The van der Waals surface area contributed by atoms with Gasteiger partial charge in [-0.1, -0.05) is 66.2 Å². The van der Waals surface area contributed by atoms with E-state index in [1.165, 1.54) is 11.1 Å². The summed E-state index contributed by atoms with van der Waals surface area (Å²) in [5.74, 6) is 0.128. The first-order valence-corrected chi connectivity index (χ1v) is 14.1. The van der Waals surface area contributed by atoms with E-state index in [0.29, 0.717) is 18.5 Å². The Morgan fingerprint density at radius 2 is 1.85 bits per heavy atom. The maximum absolute atomic E-state index is 13.8. The second kappa shape index (κ2) is 12.5. The highest BCUT2D eigenvalue weighted by Crippen LogP contribution is 2.30. The zero-order valence-electron chi connectivity index (χ0n) is 22.7. The van der Waals surface area contributed by atoms with Crippen LogP contribution in [0.5, 0.6) is 0 Å². The summed E-state index contributed by atoms with van der Waals surface area (Å²) in [6.45, 7) is 4.53. The molecule has 40 heavy (non-hydrogen) atoms. The number of nitrogens with zero attached hydrogens (tertiary/aromatic N) is 3. The molecule has 0 radical (unpaired) electrons. The fourth-order valence-electron chi connectivity index (χ4n) is 5.72. The zero-order chi connectivity index (χ0) is 28.0. The Bertz CT molecular complexity index is 1430. The average molecular weight is 552 g/mol. The monoisotopic (exact) mass is 551 g/mol. The summed E-state index contributed by atoms with van der Waals surface area (Å²) in [5.41, 5.74) is 4.31. The van der Waals surface area contributed by atoms with Crippen LogP contribution in [0.2, 0.25) is 5.02 Å². The normalized spacial score (nSPS) is 17.9. The highest BCUT2D eigenvalue weighted by Gasteiger charge is 2.35. The van der Waals surface area contributed by atoms with Crippen molar-refractivity contribution in [1.29, 1.82) is 5.26 Å². The number of hydrogen-bond acceptors (Lipinski definition) is 4. The lowest BCUT2D eigenvalue weighted by Crippen LogP contribution is -2.51. The molecular formula is C33H34ClN5O. The van der Waals surface area contributed by atoms with Gasteiger partial charge in [-0.25, -0.2) is 4.98 Å². The minimum Gasteiger partial charge on any atom is -0.347 e. The molecule has 0 saturated carbocycles. The number of hydrogen-bond donors (Lipinski definition) is 2. The molecule has 3 aromatic carbocycles. The summed E-state index contributed by atoms with van der Waals surface area (Å²) < 4.78 is 0. The lowest BCUT2D eigenvalue weighted by Gasteiger charge is -2.37. The van der Waals surface area contributed by atoms with Gasteiger partial charge in [-0.15, -0.1) is 0 Å². The van der Waals surface area contributed by atoms with Crippen molar-refractivity contribution in [2.45, 2.75) is 37.6 Å². The van der Waals surface area contributed by atoms with Crippen LogP contribution in [0.3, 0.4) is 0 Å². The van der Waals surface area contributed by atoms with Crippen molar-refractivity contribution < 1.29 is 4.79 Å². The number of halogens is 1. The number of amides is 1. The molecular weight excluding hydrogens is 518 g/mol. The zero-order valence-corrected chi connectivity index (χ0v) is 23.4. The number of nitrogens with one attached hydrogen (secondary N) is 2. The van der Waals surface area contributed by atoms with Gasteiger partial charge in [0.05, 0.1) is 41.3 Å². The largest absolute Gasteiger partial charge is 0.347 e. The van der Waals surface area contributed by atoms with Crippen LogP contribution >= 0.6 is 11.6 Å². The minimum absolute atomic E-state index is 0.0539. The summed E-state index contributed by atoms with van der Waals surface area (Å²) in [6, 6.07) is 28.3. The number of H-pyrrole nitrogens is 1. The molecule has 7 heteroatoms. The van der Waals surface area contributed by atoms with Gasteiger partial charge in [0, 0.05) is 30.5 Å². The first-order chi connectivity index (χ1) is 19.4. The molecule has 204 valence electrons. The van der Waals surface area contributed by atoms with Crippen molar-refractivity contribution in [3.63, 3.8) is 0 Å². The molecule has 0 bridgehead atoms. The van der Waals surface area contributed by atoms with E-state index in [9.17, 15) is 4.79 Å². The Morgan fingerprint density at radius 1 is 1.12 bits per heavy atom. The second-order valence-electron chi connectivity index (χ2n) is 10.9. The highest BCUT2D eigenvalue weighted by atomic mass is 35.5. The molecule has 1 fully saturated rings. The predicted molar refractivity (Wildman–Crippen MR) is 158 cm³/mol. The van der Waals surface area contributed by atoms with Crippen LogP contribution < -0.4 is 5.32 Å². The maximum atomic E-state index is 13.8. The fraction of sp³-hybridized carbons (Fsp3) is 0.303. The number of likely N-dealkylation sites (tertiary alicyclic amines) is 1. The molecule has 5 rings (SSSR count). The van der Waals surface area contributed by atoms with Crippen molar-refractivity contribution in [1.82, 2.24) is 20.2 Å². The van der Waals surface area contributed by atoms with Gasteiger partial charge in [-0.3, -0.25) is 4.79 Å². The molecule has 6 nitrogen and oxygen atoms in total. The SMILES string of the molecule is CC(Cc1ccc(C#N)cc1)(NC(=O)[C@H]1CCCN(CC(c2ccccc2)c2ccc(Cl)cc2)C1)c1cnc[nH]1. The van der Waals surface area contributed by atoms with Gasteiger partial charge in [0.1, 0.15) is 0 Å². The number of rotatable bonds is 9. The Hall–Kier alpha value is -3.92. The number of aromatic nitrogens is 2. The Labute approximate surface area is 241 Å². The minimum atomic E-state index is -0.667. The molecule has 0 spiro atoms. The molecule has 1 aliphatic rings. The fourth-order valence-corrected chi connectivity index (χ4v) is 5.85. The van der Waals surface area contributed by atoms with Gasteiger partial charge in [-0.2, -0.15) is 5.26 Å². The van der Waals surface area contributed by atoms with Gasteiger partial charge in [0.25, 0.3) is 0 Å². The van der Waals surface area contributed by atoms with Crippen LogP contribution in [0.1, 0.15) is 53.6 Å². The predicted octanol–water partition coefficient (Wildman–Crippen LogP) is 6.05. The van der Waals surface area contributed by atoms with E-state index in [4.69, 9.17) is 16.9 Å². The Balaban J connectivity index is 1.31. The number of benzene rings is 3. The molecule has 3 atom stereocenters. The third-order valence-corrected chi connectivity index (χ3v) is 8.18. The first kappa shape index (κ1) is 27.6. The van der Waals surface area contributed by atoms with Crippen LogP contribution in [0, 0.1) is 17.2 Å². The van der Waals surface area contributed by atoms with E-state index in [-0.39, 0.29) is 17.7 Å². The van der Waals surface area contributed by atoms with E-state index >= 15 is 0 Å². The van der Waals surface area contributed by atoms with Crippen molar-refractivity contribution >= 4 is 17.5 Å². The van der Waals surface area contributed by atoms with Crippen molar-refractivity contribution in [2.24, 2.45) is 5.92 Å². The van der Waals surface area contributed by atoms with Gasteiger partial charge in [0.2, 0.25) is 5.91 Å². The van der Waals surface area contributed by atoms with E-state index in [2.05, 4.69) is 62.7 Å². The quantitative estimate of drug-likeness (QED) is 0.265. The summed E-state index contributed by atoms with van der Waals surface area (Å²) in [7, 11) is 0. The number of piperidine rings is 1. The molecule has 2 heterocycles. The molecule has 1 amide bonds. The third kappa shape index (κ3) is 6.62. The molecule has 2 unspecified atom stereocenters. The summed E-state index contributed by atoms with van der Waals surface area (Å²) in [6.07, 6.45) is 5.82. The van der Waals surface area contributed by atoms with Crippen molar-refractivity contribution in [2.75, 3.05) is 19.6 Å². The molecule has 1 saturated heterocycles. The lowest BCUT2D eigenvalue weighted by molar-refractivity contribution is -0.128. The van der Waals surface area contributed by atoms with Crippen LogP contribution in [0.15, 0.2) is 91.4 Å². The van der Waals surface area contributed by atoms with Crippen molar-refractivity contribution in [3.05, 3.63) is 124 Å².